The van der Waals surface area contributed by atoms with Gasteiger partial charge in [-0.2, -0.15) is 0 Å². The van der Waals surface area contributed by atoms with Crippen molar-refractivity contribution in [1.29, 1.82) is 0 Å². The highest BCUT2D eigenvalue weighted by atomic mass is 16.5. The zero-order valence-electron chi connectivity index (χ0n) is 25.1. The highest BCUT2D eigenvalue weighted by molar-refractivity contribution is 5.18. The Morgan fingerprint density at radius 2 is 0.952 bits per heavy atom. The maximum absolute atomic E-state index is 6.28. The summed E-state index contributed by atoms with van der Waals surface area (Å²) in [7, 11) is 0. The molecule has 0 saturated carbocycles. The van der Waals surface area contributed by atoms with Crippen molar-refractivity contribution in [3.05, 3.63) is 131 Å². The van der Waals surface area contributed by atoms with Crippen LogP contribution in [0.1, 0.15) is 60.6 Å². The molecular weight excluding hydrogens is 520 g/mol. The predicted molar refractivity (Wildman–Crippen MR) is 167 cm³/mol. The van der Waals surface area contributed by atoms with Crippen LogP contribution in [-0.2, 0) is 48.9 Å². The highest BCUT2D eigenvalue weighted by Crippen LogP contribution is 2.19. The molecule has 1 aliphatic rings. The van der Waals surface area contributed by atoms with Gasteiger partial charge < -0.3 is 9.47 Å². The molecule has 0 aliphatic carbocycles. The van der Waals surface area contributed by atoms with E-state index in [1.807, 2.05) is 12.1 Å². The molecule has 4 aromatic rings. The number of benzene rings is 2. The van der Waals surface area contributed by atoms with E-state index in [1.54, 1.807) is 0 Å². The van der Waals surface area contributed by atoms with Crippen molar-refractivity contribution in [3.63, 3.8) is 0 Å². The Kier molecular flexibility index (Phi) is 11.2. The fourth-order valence-electron chi connectivity index (χ4n) is 5.64. The van der Waals surface area contributed by atoms with Gasteiger partial charge in [0.2, 0.25) is 0 Å². The molecule has 0 fully saturated rings. The first-order chi connectivity index (χ1) is 20.7. The van der Waals surface area contributed by atoms with Gasteiger partial charge in [-0.25, -0.2) is 0 Å². The summed E-state index contributed by atoms with van der Waals surface area (Å²) in [5.74, 6) is 0. The minimum atomic E-state index is 0.250. The average molecular weight is 565 g/mol. The molecule has 3 heterocycles. The van der Waals surface area contributed by atoms with Gasteiger partial charge >= 0.3 is 0 Å². The first kappa shape index (κ1) is 30.1. The second kappa shape index (κ2) is 15.7. The summed E-state index contributed by atoms with van der Waals surface area (Å²) >= 11 is 0. The van der Waals surface area contributed by atoms with Gasteiger partial charge in [-0.3, -0.25) is 19.8 Å². The van der Waals surface area contributed by atoms with Gasteiger partial charge in [0.05, 0.1) is 49.2 Å². The molecule has 4 bridgehead atoms. The molecular formula is C36H44N4O2. The number of hydrogen-bond donors (Lipinski definition) is 0. The van der Waals surface area contributed by atoms with E-state index < -0.39 is 0 Å². The third-order valence-electron chi connectivity index (χ3n) is 8.01. The summed E-state index contributed by atoms with van der Waals surface area (Å²) in [4.78, 5) is 15.1. The number of ether oxygens (including phenoxy) is 2. The highest BCUT2D eigenvalue weighted by Gasteiger charge is 2.22. The summed E-state index contributed by atoms with van der Waals surface area (Å²) in [6.45, 7) is 9.93. The van der Waals surface area contributed by atoms with Crippen molar-refractivity contribution in [2.45, 2.75) is 78.2 Å². The van der Waals surface area contributed by atoms with Gasteiger partial charge in [-0.15, -0.1) is 0 Å². The van der Waals surface area contributed by atoms with Crippen molar-refractivity contribution in [3.8, 4) is 0 Å². The van der Waals surface area contributed by atoms with Crippen LogP contribution in [0.2, 0.25) is 0 Å². The smallest absolute Gasteiger partial charge is 0.0888 e. The maximum Gasteiger partial charge on any atom is 0.0888 e. The molecule has 5 rings (SSSR count). The van der Waals surface area contributed by atoms with E-state index in [0.29, 0.717) is 26.4 Å². The fourth-order valence-corrected chi connectivity index (χ4v) is 5.64. The molecule has 42 heavy (non-hydrogen) atoms. The Hall–Kier alpha value is -3.42. The van der Waals surface area contributed by atoms with Crippen molar-refractivity contribution in [2.24, 2.45) is 0 Å². The number of rotatable bonds is 6. The topological polar surface area (TPSA) is 50.7 Å². The molecule has 0 radical (unpaired) electrons. The van der Waals surface area contributed by atoms with E-state index >= 15 is 0 Å². The van der Waals surface area contributed by atoms with Gasteiger partial charge in [-0.1, -0.05) is 86.6 Å². The first-order valence-corrected chi connectivity index (χ1v) is 15.3. The SMILES string of the molecule is CC[C@@H]1COCc2cccc(n2)COC[C@@H](CC)N(Cc2ccccc2)Cc2cccc(n2)CN1Cc1ccccc1. The number of hydrogen-bond acceptors (Lipinski definition) is 6. The van der Waals surface area contributed by atoms with Crippen molar-refractivity contribution < 1.29 is 9.47 Å². The minimum Gasteiger partial charge on any atom is -0.374 e. The van der Waals surface area contributed by atoms with Crippen LogP contribution >= 0.6 is 0 Å². The summed E-state index contributed by atoms with van der Waals surface area (Å²) in [6, 6.07) is 34.5. The quantitative estimate of drug-likeness (QED) is 0.257. The summed E-state index contributed by atoms with van der Waals surface area (Å²) in [5, 5.41) is 0. The van der Waals surface area contributed by atoms with Crippen molar-refractivity contribution >= 4 is 0 Å². The van der Waals surface area contributed by atoms with Gasteiger partial charge in [0.15, 0.2) is 0 Å². The Labute approximate surface area is 251 Å². The zero-order chi connectivity index (χ0) is 29.0. The van der Waals surface area contributed by atoms with Gasteiger partial charge in [0.25, 0.3) is 0 Å². The molecule has 2 atom stereocenters. The van der Waals surface area contributed by atoms with Gasteiger partial charge in [0, 0.05) is 38.3 Å². The third kappa shape index (κ3) is 8.79. The molecule has 6 nitrogen and oxygen atoms in total. The molecule has 0 spiro atoms. The lowest BCUT2D eigenvalue weighted by Crippen LogP contribution is -2.38. The Morgan fingerprint density at radius 1 is 0.548 bits per heavy atom. The normalized spacial score (nSPS) is 19.6. The fraction of sp³-hybridized carbons (Fsp3) is 0.389. The largest absolute Gasteiger partial charge is 0.374 e. The Morgan fingerprint density at radius 3 is 1.38 bits per heavy atom. The standard InChI is InChI=1S/C36H44N4O2/c1-3-35-27-41-25-33-19-12-20-34(38-33)26-42-28-36(4-2)40(22-30-15-9-6-10-16-30)24-32-18-11-17-31(37-32)23-39(35)21-29-13-7-5-8-14-29/h5-20,35-36H,3-4,21-28H2,1-2H3/t35-,36-/m1/s1. The van der Waals surface area contributed by atoms with Crippen LogP contribution in [0.3, 0.4) is 0 Å². The van der Waals surface area contributed by atoms with E-state index in [4.69, 9.17) is 19.4 Å². The molecule has 2 aromatic carbocycles. The van der Waals surface area contributed by atoms with Crippen LogP contribution in [0, 0.1) is 0 Å². The van der Waals surface area contributed by atoms with Crippen LogP contribution < -0.4 is 0 Å². The van der Waals surface area contributed by atoms with E-state index in [0.717, 1.165) is 61.8 Å². The molecule has 0 amide bonds. The summed E-state index contributed by atoms with van der Waals surface area (Å²) in [6.07, 6.45) is 1.97. The van der Waals surface area contributed by atoms with Crippen molar-refractivity contribution in [2.75, 3.05) is 13.2 Å². The molecule has 220 valence electrons. The third-order valence-corrected chi connectivity index (χ3v) is 8.01. The second-order valence-electron chi connectivity index (χ2n) is 11.2. The zero-order valence-corrected chi connectivity index (χ0v) is 25.1. The number of nitrogens with zero attached hydrogens (tertiary/aromatic N) is 4. The van der Waals surface area contributed by atoms with E-state index in [-0.39, 0.29) is 12.1 Å². The number of fused-ring (bicyclic) bond motifs is 4. The predicted octanol–water partition coefficient (Wildman–Crippen LogP) is 6.79. The van der Waals surface area contributed by atoms with Crippen LogP contribution in [0.4, 0.5) is 0 Å². The lowest BCUT2D eigenvalue weighted by atomic mass is 10.1. The summed E-state index contributed by atoms with van der Waals surface area (Å²) < 4.78 is 12.6. The summed E-state index contributed by atoms with van der Waals surface area (Å²) in [5.41, 5.74) is 6.64. The van der Waals surface area contributed by atoms with Crippen molar-refractivity contribution in [1.82, 2.24) is 19.8 Å². The van der Waals surface area contributed by atoms with Gasteiger partial charge in [0.1, 0.15) is 0 Å². The Balaban J connectivity index is 1.45. The average Bonchev–Trinajstić information content (AvgIpc) is 3.02. The Bertz CT molecular complexity index is 1250. The first-order valence-electron chi connectivity index (χ1n) is 15.3. The van der Waals surface area contributed by atoms with E-state index in [2.05, 4.69) is 109 Å². The van der Waals surface area contributed by atoms with E-state index in [9.17, 15) is 0 Å². The second-order valence-corrected chi connectivity index (χ2v) is 11.2. The molecule has 6 heteroatoms. The van der Waals surface area contributed by atoms with Gasteiger partial charge in [-0.05, 0) is 48.2 Å². The minimum absolute atomic E-state index is 0.250. The molecule has 0 N–H and O–H groups in total. The number of pyridine rings is 2. The molecule has 0 saturated heterocycles. The van der Waals surface area contributed by atoms with Crippen LogP contribution in [0.25, 0.3) is 0 Å². The monoisotopic (exact) mass is 564 g/mol. The molecule has 0 unspecified atom stereocenters. The molecule has 1 aliphatic heterocycles. The lowest BCUT2D eigenvalue weighted by molar-refractivity contribution is 0.0348. The molecule has 2 aromatic heterocycles. The number of aromatic nitrogens is 2. The van der Waals surface area contributed by atoms with E-state index in [1.165, 1.54) is 11.1 Å². The van der Waals surface area contributed by atoms with Crippen LogP contribution in [0.15, 0.2) is 97.1 Å². The lowest BCUT2D eigenvalue weighted by Gasteiger charge is -2.32. The maximum atomic E-state index is 6.28. The van der Waals surface area contributed by atoms with Crippen LogP contribution in [-0.4, -0.2) is 45.1 Å². The van der Waals surface area contributed by atoms with Crippen LogP contribution in [0.5, 0.6) is 0 Å².